The summed E-state index contributed by atoms with van der Waals surface area (Å²) in [4.78, 5) is 26.1. The van der Waals surface area contributed by atoms with Gasteiger partial charge in [0, 0.05) is 14.0 Å². The van der Waals surface area contributed by atoms with E-state index in [9.17, 15) is 22.8 Å². The Labute approximate surface area is 183 Å². The quantitative estimate of drug-likeness (QED) is 0.537. The highest BCUT2D eigenvalue weighted by atomic mass is 19.4. The molecule has 32 heavy (non-hydrogen) atoms. The van der Waals surface area contributed by atoms with E-state index >= 15 is 0 Å². The van der Waals surface area contributed by atoms with Gasteiger partial charge in [0.2, 0.25) is 5.91 Å². The van der Waals surface area contributed by atoms with Gasteiger partial charge in [0.05, 0.1) is 17.8 Å². The van der Waals surface area contributed by atoms with Gasteiger partial charge in [-0.2, -0.15) is 18.3 Å². The van der Waals surface area contributed by atoms with E-state index < -0.39 is 23.6 Å². The molecule has 6 nitrogen and oxygen atoms in total. The van der Waals surface area contributed by atoms with Gasteiger partial charge in [-0.15, -0.1) is 0 Å². The van der Waals surface area contributed by atoms with Crippen LogP contribution in [0, 0.1) is 0 Å². The van der Waals surface area contributed by atoms with E-state index in [1.165, 1.54) is 23.7 Å². The molecule has 2 aromatic carbocycles. The summed E-state index contributed by atoms with van der Waals surface area (Å²) >= 11 is 0. The first-order valence-corrected chi connectivity index (χ1v) is 9.88. The molecule has 1 heterocycles. The van der Waals surface area contributed by atoms with E-state index in [-0.39, 0.29) is 12.3 Å². The second-order valence-corrected chi connectivity index (χ2v) is 7.18. The maximum Gasteiger partial charge on any atom is 0.416 e. The third-order valence-electron chi connectivity index (χ3n) is 4.82. The van der Waals surface area contributed by atoms with Gasteiger partial charge in [0.1, 0.15) is 17.2 Å². The number of ether oxygens (including phenoxy) is 1. The Morgan fingerprint density at radius 3 is 2.06 bits per heavy atom. The van der Waals surface area contributed by atoms with Crippen LogP contribution in [-0.4, -0.2) is 26.5 Å². The molecule has 0 spiro atoms. The van der Waals surface area contributed by atoms with Crippen molar-refractivity contribution in [3.63, 3.8) is 0 Å². The molecule has 3 aromatic rings. The molecule has 0 fully saturated rings. The van der Waals surface area contributed by atoms with Crippen molar-refractivity contribution in [2.75, 3.05) is 0 Å². The molecule has 168 valence electrons. The highest BCUT2D eigenvalue weighted by Gasteiger charge is 2.30. The van der Waals surface area contributed by atoms with Gasteiger partial charge in [0.15, 0.2) is 0 Å². The Balaban J connectivity index is 1.71. The van der Waals surface area contributed by atoms with Gasteiger partial charge in [0.25, 0.3) is 5.91 Å². The summed E-state index contributed by atoms with van der Waals surface area (Å²) in [7, 11) is 1.65. The fourth-order valence-electron chi connectivity index (χ4n) is 3.06. The number of aromatic nitrogens is 2. The third kappa shape index (κ3) is 5.35. The molecule has 2 amide bonds. The number of hydrogen-bond donors (Lipinski definition) is 0. The summed E-state index contributed by atoms with van der Waals surface area (Å²) in [6, 6.07) is 12.7. The van der Waals surface area contributed by atoms with E-state index in [0.29, 0.717) is 23.4 Å². The highest BCUT2D eigenvalue weighted by molar-refractivity contribution is 6.03. The van der Waals surface area contributed by atoms with E-state index in [0.717, 1.165) is 22.7 Å². The molecular formula is C23H22F3N3O3. The Bertz CT molecular complexity index is 1100. The van der Waals surface area contributed by atoms with Crippen LogP contribution < -0.4 is 4.74 Å². The minimum atomic E-state index is -4.41. The van der Waals surface area contributed by atoms with Crippen LogP contribution >= 0.6 is 0 Å². The summed E-state index contributed by atoms with van der Waals surface area (Å²) in [5, 5.41) is 4.25. The monoisotopic (exact) mass is 445 g/mol. The number of benzene rings is 2. The van der Waals surface area contributed by atoms with Crippen LogP contribution in [0.2, 0.25) is 0 Å². The van der Waals surface area contributed by atoms with Crippen LogP contribution in [0.3, 0.4) is 0 Å². The molecule has 0 saturated carbocycles. The number of aryl methyl sites for hydroxylation is 2. The third-order valence-corrected chi connectivity index (χ3v) is 4.82. The molecule has 0 radical (unpaired) electrons. The summed E-state index contributed by atoms with van der Waals surface area (Å²) in [6.07, 6.45) is -3.74. The lowest BCUT2D eigenvalue weighted by Gasteiger charge is -2.19. The van der Waals surface area contributed by atoms with Gasteiger partial charge >= 0.3 is 6.18 Å². The minimum Gasteiger partial charge on any atom is -0.457 e. The van der Waals surface area contributed by atoms with Crippen LogP contribution in [0.4, 0.5) is 13.2 Å². The lowest BCUT2D eigenvalue weighted by atomic mass is 10.2. The van der Waals surface area contributed by atoms with Crippen LogP contribution in [0.25, 0.3) is 0 Å². The van der Waals surface area contributed by atoms with Gasteiger partial charge in [-0.05, 0) is 54.4 Å². The number of halogens is 3. The lowest BCUT2D eigenvalue weighted by Crippen LogP contribution is -2.35. The van der Waals surface area contributed by atoms with Crippen molar-refractivity contribution in [2.24, 2.45) is 7.05 Å². The molecule has 0 aliphatic heterocycles. The van der Waals surface area contributed by atoms with Crippen molar-refractivity contribution in [3.05, 3.63) is 77.1 Å². The zero-order valence-electron chi connectivity index (χ0n) is 17.8. The van der Waals surface area contributed by atoms with Crippen LogP contribution in [0.5, 0.6) is 11.5 Å². The predicted molar refractivity (Wildman–Crippen MR) is 111 cm³/mol. The van der Waals surface area contributed by atoms with E-state index in [4.69, 9.17) is 4.74 Å². The number of rotatable bonds is 6. The second kappa shape index (κ2) is 9.25. The molecule has 0 aliphatic carbocycles. The standard InChI is InChI=1S/C23H22F3N3O3/c1-4-18-13-21(28(3)27-18)22(31)29(15(2)30)14-16-5-9-19(10-6-16)32-20-11-7-17(8-12-20)23(24,25)26/h5-13H,4,14H2,1-3H3. The maximum atomic E-state index is 12.9. The lowest BCUT2D eigenvalue weighted by molar-refractivity contribution is -0.137. The van der Waals surface area contributed by atoms with Crippen molar-refractivity contribution < 1.29 is 27.5 Å². The largest absolute Gasteiger partial charge is 0.457 e. The van der Waals surface area contributed by atoms with E-state index in [1.54, 1.807) is 37.4 Å². The molecule has 0 N–H and O–H groups in total. The Hall–Kier alpha value is -3.62. The Kier molecular flexibility index (Phi) is 6.67. The maximum absolute atomic E-state index is 12.9. The number of carbonyl (C=O) groups is 2. The SMILES string of the molecule is CCc1cc(C(=O)N(Cc2ccc(Oc3ccc(C(F)(F)F)cc3)cc2)C(C)=O)n(C)n1. The minimum absolute atomic E-state index is 0.0569. The molecule has 9 heteroatoms. The average Bonchev–Trinajstić information content (AvgIpc) is 3.13. The number of imide groups is 1. The summed E-state index contributed by atoms with van der Waals surface area (Å²) in [6.45, 7) is 3.30. The first kappa shape index (κ1) is 23.1. The van der Waals surface area contributed by atoms with Gasteiger partial charge in [-0.3, -0.25) is 19.2 Å². The number of hydrogen-bond acceptors (Lipinski definition) is 4. The highest BCUT2D eigenvalue weighted by Crippen LogP contribution is 2.31. The van der Waals surface area contributed by atoms with Gasteiger partial charge < -0.3 is 4.74 Å². The topological polar surface area (TPSA) is 64.4 Å². The van der Waals surface area contributed by atoms with Crippen molar-refractivity contribution >= 4 is 11.8 Å². The molecule has 0 unspecified atom stereocenters. The zero-order chi connectivity index (χ0) is 23.5. The first-order chi connectivity index (χ1) is 15.1. The summed E-state index contributed by atoms with van der Waals surface area (Å²) in [5.41, 5.74) is 1.00. The number of carbonyl (C=O) groups excluding carboxylic acids is 2. The first-order valence-electron chi connectivity index (χ1n) is 9.88. The summed E-state index contributed by atoms with van der Waals surface area (Å²) in [5.74, 6) is -0.181. The number of amides is 2. The van der Waals surface area contributed by atoms with Crippen molar-refractivity contribution in [1.82, 2.24) is 14.7 Å². The van der Waals surface area contributed by atoms with Gasteiger partial charge in [-0.1, -0.05) is 19.1 Å². The Morgan fingerprint density at radius 1 is 1.03 bits per heavy atom. The normalized spacial score (nSPS) is 11.3. The molecule has 0 bridgehead atoms. The van der Waals surface area contributed by atoms with Crippen LogP contribution in [-0.2, 0) is 31.0 Å². The molecule has 0 aliphatic rings. The van der Waals surface area contributed by atoms with Crippen LogP contribution in [0.1, 0.15) is 41.2 Å². The van der Waals surface area contributed by atoms with E-state index in [1.807, 2.05) is 6.92 Å². The average molecular weight is 445 g/mol. The zero-order valence-corrected chi connectivity index (χ0v) is 17.8. The molecular weight excluding hydrogens is 423 g/mol. The molecule has 3 rings (SSSR count). The van der Waals surface area contributed by atoms with Gasteiger partial charge in [-0.25, -0.2) is 0 Å². The smallest absolute Gasteiger partial charge is 0.416 e. The second-order valence-electron chi connectivity index (χ2n) is 7.18. The fraction of sp³-hybridized carbons (Fsp3) is 0.261. The number of alkyl halides is 3. The Morgan fingerprint density at radius 2 is 1.59 bits per heavy atom. The van der Waals surface area contributed by atoms with Crippen LogP contribution in [0.15, 0.2) is 54.6 Å². The van der Waals surface area contributed by atoms with E-state index in [2.05, 4.69) is 5.10 Å². The fourth-order valence-corrected chi connectivity index (χ4v) is 3.06. The predicted octanol–water partition coefficient (Wildman–Crippen LogP) is 4.98. The van der Waals surface area contributed by atoms with Crippen molar-refractivity contribution in [2.45, 2.75) is 33.0 Å². The molecule has 1 aromatic heterocycles. The van der Waals surface area contributed by atoms with Crippen molar-refractivity contribution in [1.29, 1.82) is 0 Å². The molecule has 0 saturated heterocycles. The molecule has 0 atom stereocenters. The summed E-state index contributed by atoms with van der Waals surface area (Å²) < 4.78 is 45.0. The van der Waals surface area contributed by atoms with Crippen molar-refractivity contribution in [3.8, 4) is 11.5 Å². The number of nitrogens with zero attached hydrogens (tertiary/aromatic N) is 3.